The van der Waals surface area contributed by atoms with Crippen LogP contribution in [0, 0.1) is 17.8 Å². The Balaban J connectivity index is 1.51. The van der Waals surface area contributed by atoms with Gasteiger partial charge in [0.15, 0.2) is 0 Å². The minimum absolute atomic E-state index is 0.0779. The first-order valence-electron chi connectivity index (χ1n) is 8.93. The predicted octanol–water partition coefficient (Wildman–Crippen LogP) is 4.00. The van der Waals surface area contributed by atoms with Gasteiger partial charge in [0, 0.05) is 6.04 Å². The topological polar surface area (TPSA) is 29.1 Å². The first-order valence-corrected chi connectivity index (χ1v) is 8.93. The Labute approximate surface area is 137 Å². The van der Waals surface area contributed by atoms with E-state index in [-0.39, 0.29) is 11.9 Å². The lowest BCUT2D eigenvalue weighted by atomic mass is 9.53. The van der Waals surface area contributed by atoms with E-state index in [9.17, 15) is 9.18 Å². The number of halogens is 1. The fraction of sp³-hybridized carbons (Fsp3) is 0.650. The van der Waals surface area contributed by atoms with E-state index in [0.29, 0.717) is 30.6 Å². The molecule has 1 aromatic rings. The minimum Gasteiger partial charge on any atom is -0.352 e. The van der Waals surface area contributed by atoms with E-state index in [0.717, 1.165) is 24.8 Å². The summed E-state index contributed by atoms with van der Waals surface area (Å²) in [6, 6.07) is 10.1. The molecule has 4 bridgehead atoms. The summed E-state index contributed by atoms with van der Waals surface area (Å²) in [7, 11) is 0. The highest BCUT2D eigenvalue weighted by atomic mass is 19.1. The molecule has 0 spiro atoms. The van der Waals surface area contributed by atoms with Crippen molar-refractivity contribution in [3.63, 3.8) is 0 Å². The maximum Gasteiger partial charge on any atom is 0.230 e. The Bertz CT molecular complexity index is 595. The second-order valence-corrected chi connectivity index (χ2v) is 8.61. The smallest absolute Gasteiger partial charge is 0.230 e. The van der Waals surface area contributed by atoms with Gasteiger partial charge in [-0.25, -0.2) is 4.39 Å². The summed E-state index contributed by atoms with van der Waals surface area (Å²) in [5, 5.41) is 3.31. The van der Waals surface area contributed by atoms with Crippen LogP contribution in [0.3, 0.4) is 0 Å². The second-order valence-electron chi connectivity index (χ2n) is 8.61. The Kier molecular flexibility index (Phi) is 3.33. The van der Waals surface area contributed by atoms with Crippen LogP contribution < -0.4 is 5.32 Å². The summed E-state index contributed by atoms with van der Waals surface area (Å²) >= 11 is 0. The molecule has 3 heteroatoms. The van der Waals surface area contributed by atoms with E-state index in [4.69, 9.17) is 0 Å². The minimum atomic E-state index is -0.938. The molecular formula is C20H26FNO. The molecule has 4 aliphatic rings. The van der Waals surface area contributed by atoms with Gasteiger partial charge in [0.2, 0.25) is 5.91 Å². The van der Waals surface area contributed by atoms with Crippen LogP contribution in [0.2, 0.25) is 0 Å². The lowest BCUT2D eigenvalue weighted by Gasteiger charge is -2.57. The fourth-order valence-electron chi connectivity index (χ4n) is 5.48. The lowest BCUT2D eigenvalue weighted by Crippen LogP contribution is -2.61. The molecule has 2 unspecified atom stereocenters. The Morgan fingerprint density at radius 3 is 2.30 bits per heavy atom. The molecule has 4 saturated carbocycles. The van der Waals surface area contributed by atoms with Gasteiger partial charge in [-0.2, -0.15) is 0 Å². The van der Waals surface area contributed by atoms with Crippen LogP contribution in [0.4, 0.5) is 4.39 Å². The molecule has 5 rings (SSSR count). The number of rotatable bonds is 3. The first kappa shape index (κ1) is 15.2. The molecule has 0 aliphatic heterocycles. The van der Waals surface area contributed by atoms with Crippen molar-refractivity contribution in [1.29, 1.82) is 0 Å². The third-order valence-corrected chi connectivity index (χ3v) is 6.56. The number of benzene rings is 1. The van der Waals surface area contributed by atoms with Crippen molar-refractivity contribution in [3.05, 3.63) is 35.9 Å². The van der Waals surface area contributed by atoms with E-state index >= 15 is 0 Å². The van der Waals surface area contributed by atoms with Crippen molar-refractivity contribution < 1.29 is 9.18 Å². The highest BCUT2D eigenvalue weighted by Crippen LogP contribution is 2.57. The highest BCUT2D eigenvalue weighted by molar-refractivity contribution is 5.87. The summed E-state index contributed by atoms with van der Waals surface area (Å²) in [6.07, 6.45) is 4.25. The van der Waals surface area contributed by atoms with E-state index in [2.05, 4.69) is 5.32 Å². The maximum atomic E-state index is 14.8. The highest BCUT2D eigenvalue weighted by Gasteiger charge is 2.56. The van der Waals surface area contributed by atoms with Crippen LogP contribution in [0.15, 0.2) is 30.3 Å². The fourth-order valence-corrected chi connectivity index (χ4v) is 5.48. The van der Waals surface area contributed by atoms with Crippen molar-refractivity contribution in [2.75, 3.05) is 0 Å². The molecule has 1 amide bonds. The van der Waals surface area contributed by atoms with Gasteiger partial charge in [-0.05, 0) is 69.3 Å². The predicted molar refractivity (Wildman–Crippen MR) is 88.8 cm³/mol. The van der Waals surface area contributed by atoms with E-state index in [1.807, 2.05) is 44.2 Å². The van der Waals surface area contributed by atoms with Gasteiger partial charge in [0.05, 0.1) is 5.41 Å². The molecular weight excluding hydrogens is 289 g/mol. The van der Waals surface area contributed by atoms with Crippen molar-refractivity contribution >= 4 is 5.91 Å². The largest absolute Gasteiger partial charge is 0.352 e. The van der Waals surface area contributed by atoms with Crippen LogP contribution in [-0.2, 0) is 10.2 Å². The van der Waals surface area contributed by atoms with Gasteiger partial charge in [0.25, 0.3) is 0 Å². The molecule has 1 aromatic carbocycles. The summed E-state index contributed by atoms with van der Waals surface area (Å²) in [4.78, 5) is 12.9. The Morgan fingerprint density at radius 2 is 1.74 bits per heavy atom. The van der Waals surface area contributed by atoms with Gasteiger partial charge in [-0.1, -0.05) is 30.3 Å². The molecule has 4 fully saturated rings. The Morgan fingerprint density at radius 1 is 1.13 bits per heavy atom. The standard InChI is InChI=1S/C20H26FNO/c1-19(2,16-6-4-3-5-7-16)18(23)22-17-14-8-13-9-15(17)12-20(21,10-13)11-14/h3-7,13-15,17H,8-12H2,1-2H3,(H,22,23). The Hall–Kier alpha value is -1.38. The number of amides is 1. The van der Waals surface area contributed by atoms with Crippen LogP contribution in [-0.4, -0.2) is 17.6 Å². The maximum absolute atomic E-state index is 14.8. The molecule has 0 heterocycles. The van der Waals surface area contributed by atoms with Crippen molar-refractivity contribution in [3.8, 4) is 0 Å². The summed E-state index contributed by atoms with van der Waals surface area (Å²) in [5.41, 5.74) is -0.459. The van der Waals surface area contributed by atoms with E-state index in [1.54, 1.807) is 0 Å². The average Bonchev–Trinajstić information content (AvgIpc) is 2.50. The zero-order valence-corrected chi connectivity index (χ0v) is 14.0. The number of hydrogen-bond donors (Lipinski definition) is 1. The monoisotopic (exact) mass is 315 g/mol. The molecule has 23 heavy (non-hydrogen) atoms. The molecule has 124 valence electrons. The van der Waals surface area contributed by atoms with Gasteiger partial charge >= 0.3 is 0 Å². The van der Waals surface area contributed by atoms with E-state index in [1.165, 1.54) is 0 Å². The SMILES string of the molecule is CC(C)(C(=O)NC1C2CC3CC1CC(F)(C3)C2)c1ccccc1. The van der Waals surface area contributed by atoms with Gasteiger partial charge in [0.1, 0.15) is 5.67 Å². The molecule has 4 aliphatic carbocycles. The van der Waals surface area contributed by atoms with Crippen molar-refractivity contribution in [2.24, 2.45) is 17.8 Å². The third-order valence-electron chi connectivity index (χ3n) is 6.56. The van der Waals surface area contributed by atoms with Crippen LogP contribution in [0.25, 0.3) is 0 Å². The molecule has 0 saturated heterocycles. The van der Waals surface area contributed by atoms with Gasteiger partial charge < -0.3 is 5.32 Å². The van der Waals surface area contributed by atoms with Gasteiger partial charge in [-0.3, -0.25) is 4.79 Å². The van der Waals surface area contributed by atoms with Crippen LogP contribution in [0.1, 0.15) is 51.5 Å². The zero-order valence-electron chi connectivity index (χ0n) is 14.0. The lowest BCUT2D eigenvalue weighted by molar-refractivity contribution is -0.134. The second kappa shape index (κ2) is 5.06. The number of alkyl halides is 1. The van der Waals surface area contributed by atoms with Gasteiger partial charge in [-0.15, -0.1) is 0 Å². The normalized spacial score (nSPS) is 38.6. The van der Waals surface area contributed by atoms with E-state index < -0.39 is 11.1 Å². The molecule has 0 aromatic heterocycles. The number of carbonyl (C=O) groups is 1. The average molecular weight is 315 g/mol. The third kappa shape index (κ3) is 2.49. The molecule has 1 N–H and O–H groups in total. The quantitative estimate of drug-likeness (QED) is 0.897. The van der Waals surface area contributed by atoms with Crippen LogP contribution in [0.5, 0.6) is 0 Å². The summed E-state index contributed by atoms with van der Waals surface area (Å²) < 4.78 is 14.8. The number of hydrogen-bond acceptors (Lipinski definition) is 1. The first-order chi connectivity index (χ1) is 10.9. The summed E-state index contributed by atoms with van der Waals surface area (Å²) in [6.45, 7) is 3.95. The summed E-state index contributed by atoms with van der Waals surface area (Å²) in [5.74, 6) is 1.30. The van der Waals surface area contributed by atoms with Crippen molar-refractivity contribution in [2.45, 2.75) is 63.1 Å². The van der Waals surface area contributed by atoms with Crippen molar-refractivity contribution in [1.82, 2.24) is 5.32 Å². The zero-order chi connectivity index (χ0) is 16.2. The number of carbonyl (C=O) groups excluding carboxylic acids is 1. The number of nitrogens with one attached hydrogen (secondary N) is 1. The van der Waals surface area contributed by atoms with Crippen LogP contribution >= 0.6 is 0 Å². The molecule has 2 nitrogen and oxygen atoms in total. The molecule has 2 atom stereocenters. The molecule has 0 radical (unpaired) electrons.